The van der Waals surface area contributed by atoms with Crippen LogP contribution in [0.15, 0.2) is 84.7 Å². The van der Waals surface area contributed by atoms with Gasteiger partial charge in [-0.3, -0.25) is 23.4 Å². The summed E-state index contributed by atoms with van der Waals surface area (Å²) < 4.78 is 3.18. The van der Waals surface area contributed by atoms with Crippen LogP contribution in [-0.4, -0.2) is 42.3 Å². The molecule has 0 aliphatic rings. The van der Waals surface area contributed by atoms with Gasteiger partial charge < -0.3 is 10.6 Å². The summed E-state index contributed by atoms with van der Waals surface area (Å²) in [4.78, 5) is 52.4. The number of nitrogens with one attached hydrogen (secondary N) is 2. The van der Waals surface area contributed by atoms with E-state index in [0.717, 1.165) is 0 Å². The average Bonchev–Trinajstić information content (AvgIpc) is 3.45. The first-order chi connectivity index (χ1) is 19.9. The molecule has 1 atom stereocenters. The smallest absolute Gasteiger partial charge is 0.267 e. The fourth-order valence-electron chi connectivity index (χ4n) is 4.52. The third-order valence-electron chi connectivity index (χ3n) is 6.49. The van der Waals surface area contributed by atoms with Gasteiger partial charge in [-0.25, -0.2) is 15.0 Å². The summed E-state index contributed by atoms with van der Waals surface area (Å²) in [6.45, 7) is 7.31. The van der Waals surface area contributed by atoms with E-state index in [1.807, 2.05) is 30.3 Å². The molecule has 2 N–H and O–H groups in total. The maximum Gasteiger partial charge on any atom is 0.267 e. The lowest BCUT2D eigenvalue weighted by Gasteiger charge is -2.20. The Kier molecular flexibility index (Phi) is 7.69. The molecule has 0 unspecified atom stereocenters. The maximum absolute atomic E-state index is 14.1. The van der Waals surface area contributed by atoms with Crippen molar-refractivity contribution >= 4 is 28.4 Å². The highest BCUT2D eigenvalue weighted by molar-refractivity contribution is 6.01. The van der Waals surface area contributed by atoms with E-state index >= 15 is 0 Å². The Labute approximate surface area is 235 Å². The van der Waals surface area contributed by atoms with Crippen LogP contribution in [0.3, 0.4) is 0 Å². The summed E-state index contributed by atoms with van der Waals surface area (Å²) in [7, 11) is 0. The second-order valence-corrected chi connectivity index (χ2v) is 9.25. The molecule has 0 saturated carbocycles. The van der Waals surface area contributed by atoms with Crippen molar-refractivity contribution in [1.29, 1.82) is 0 Å². The summed E-state index contributed by atoms with van der Waals surface area (Å²) >= 11 is 0. The second-order valence-electron chi connectivity index (χ2n) is 9.25. The zero-order valence-electron chi connectivity index (χ0n) is 22.6. The van der Waals surface area contributed by atoms with Crippen LogP contribution in [-0.2, 0) is 4.79 Å². The molecule has 0 radical (unpaired) electrons. The normalized spacial score (nSPS) is 11.5. The summed E-state index contributed by atoms with van der Waals surface area (Å²) in [5, 5.41) is 6.03. The molecule has 2 amide bonds. The number of para-hydroxylation sites is 1. The minimum Gasteiger partial charge on any atom is -0.352 e. The molecule has 0 bridgehead atoms. The Bertz CT molecular complexity index is 1910. The summed E-state index contributed by atoms with van der Waals surface area (Å²) in [5.74, 6) is 5.78. The molecule has 3 heterocycles. The third-order valence-corrected chi connectivity index (χ3v) is 6.49. The van der Waals surface area contributed by atoms with Crippen LogP contribution in [0.1, 0.15) is 46.8 Å². The Morgan fingerprint density at radius 1 is 1.12 bits per heavy atom. The van der Waals surface area contributed by atoms with Crippen molar-refractivity contribution in [2.45, 2.75) is 26.3 Å². The minimum atomic E-state index is -0.655. The monoisotopic (exact) mass is 545 g/mol. The zero-order valence-corrected chi connectivity index (χ0v) is 22.6. The Hall–Kier alpha value is -5.56. The van der Waals surface area contributed by atoms with Gasteiger partial charge in [0.15, 0.2) is 5.65 Å². The lowest BCUT2D eigenvalue weighted by atomic mass is 10.1. The molecule has 0 aliphatic heterocycles. The minimum absolute atomic E-state index is 0.270. The summed E-state index contributed by atoms with van der Waals surface area (Å²) in [6.07, 6.45) is 6.53. The molecule has 41 heavy (non-hydrogen) atoms. The fourth-order valence-corrected chi connectivity index (χ4v) is 4.52. The second kappa shape index (κ2) is 11.7. The number of benzene rings is 2. The Morgan fingerprint density at radius 2 is 1.93 bits per heavy atom. The van der Waals surface area contributed by atoms with Crippen LogP contribution < -0.4 is 16.2 Å². The fraction of sp³-hybridized carbons (Fsp3) is 0.161. The van der Waals surface area contributed by atoms with Crippen molar-refractivity contribution in [1.82, 2.24) is 34.6 Å². The zero-order chi connectivity index (χ0) is 28.9. The number of hydrogen-bond acceptors (Lipinski definition) is 6. The highest BCUT2D eigenvalue weighted by atomic mass is 16.2. The molecule has 0 fully saturated rings. The number of carbonyl (C=O) groups is 2. The first kappa shape index (κ1) is 27.0. The molecule has 3 aromatic heterocycles. The largest absolute Gasteiger partial charge is 0.352 e. The number of aromatic nitrogens is 5. The molecule has 0 saturated heterocycles. The molecule has 204 valence electrons. The number of aryl methyl sites for hydroxylation is 1. The van der Waals surface area contributed by atoms with E-state index in [4.69, 9.17) is 4.98 Å². The van der Waals surface area contributed by atoms with Gasteiger partial charge in [0.2, 0.25) is 5.91 Å². The number of hydrogen-bond donors (Lipinski definition) is 2. The van der Waals surface area contributed by atoms with Crippen molar-refractivity contribution in [3.05, 3.63) is 113 Å². The van der Waals surface area contributed by atoms with Gasteiger partial charge in [-0.05, 0) is 44.2 Å². The topological polar surface area (TPSA) is 123 Å². The van der Waals surface area contributed by atoms with E-state index in [-0.39, 0.29) is 17.4 Å². The predicted octanol–water partition coefficient (Wildman–Crippen LogP) is 3.27. The number of amides is 2. The van der Waals surface area contributed by atoms with Gasteiger partial charge in [0.05, 0.1) is 28.3 Å². The predicted molar refractivity (Wildman–Crippen MR) is 156 cm³/mol. The summed E-state index contributed by atoms with van der Waals surface area (Å²) in [6, 6.07) is 13.8. The molecule has 10 heteroatoms. The molecule has 0 aliphatic carbocycles. The molecular formula is C31H27N7O3. The van der Waals surface area contributed by atoms with E-state index in [9.17, 15) is 14.4 Å². The van der Waals surface area contributed by atoms with Gasteiger partial charge in [0, 0.05) is 30.9 Å². The molecule has 0 spiro atoms. The quantitative estimate of drug-likeness (QED) is 0.184. The van der Waals surface area contributed by atoms with Crippen LogP contribution in [0.4, 0.5) is 0 Å². The van der Waals surface area contributed by atoms with Crippen LogP contribution >= 0.6 is 0 Å². The maximum atomic E-state index is 14.1. The first-order valence-corrected chi connectivity index (χ1v) is 13.0. The van der Waals surface area contributed by atoms with Gasteiger partial charge in [0.25, 0.3) is 11.5 Å². The van der Waals surface area contributed by atoms with E-state index in [1.165, 1.54) is 10.6 Å². The number of rotatable bonds is 7. The Balaban J connectivity index is 1.56. The number of fused-ring (bicyclic) bond motifs is 2. The lowest BCUT2D eigenvalue weighted by Crippen LogP contribution is -2.34. The van der Waals surface area contributed by atoms with E-state index in [0.29, 0.717) is 57.8 Å². The van der Waals surface area contributed by atoms with Crippen molar-refractivity contribution in [3.8, 4) is 17.5 Å². The van der Waals surface area contributed by atoms with Crippen LogP contribution in [0.25, 0.3) is 22.2 Å². The summed E-state index contributed by atoms with van der Waals surface area (Å²) in [5.41, 5.74) is 2.64. The standard InChI is InChI=1S/C31H27N7O3/c1-4-25(39)32-16-9-8-11-22-12-10-15-24-27(22)31(41)38(23-13-6-5-7-14-23)28(36-24)21(3)35-30(40)26-20(2)34-19-37-18-17-33-29(26)37/h4-7,10,12-15,17-19,21H,1,9,16H2,2-3H3,(H,32,39)(H,35,40)/t21-/m0/s1. The third kappa shape index (κ3) is 5.46. The molecule has 10 nitrogen and oxygen atoms in total. The highest BCUT2D eigenvalue weighted by Gasteiger charge is 2.23. The highest BCUT2D eigenvalue weighted by Crippen LogP contribution is 2.21. The number of imidazole rings is 1. The molecular weight excluding hydrogens is 518 g/mol. The van der Waals surface area contributed by atoms with Crippen LogP contribution in [0.5, 0.6) is 0 Å². The van der Waals surface area contributed by atoms with Crippen LogP contribution in [0.2, 0.25) is 0 Å². The van der Waals surface area contributed by atoms with Crippen molar-refractivity contribution in [2.75, 3.05) is 6.54 Å². The van der Waals surface area contributed by atoms with Gasteiger partial charge in [-0.2, -0.15) is 0 Å². The van der Waals surface area contributed by atoms with Crippen molar-refractivity contribution in [2.24, 2.45) is 0 Å². The van der Waals surface area contributed by atoms with Crippen LogP contribution in [0, 0.1) is 18.8 Å². The first-order valence-electron chi connectivity index (χ1n) is 13.0. The number of nitrogens with zero attached hydrogens (tertiary/aromatic N) is 5. The van der Waals surface area contributed by atoms with E-state index in [2.05, 4.69) is 39.0 Å². The van der Waals surface area contributed by atoms with Gasteiger partial charge >= 0.3 is 0 Å². The van der Waals surface area contributed by atoms with Gasteiger partial charge in [-0.1, -0.05) is 42.7 Å². The number of carbonyl (C=O) groups excluding carboxylic acids is 2. The lowest BCUT2D eigenvalue weighted by molar-refractivity contribution is -0.116. The molecule has 2 aromatic carbocycles. The molecule has 5 aromatic rings. The Morgan fingerprint density at radius 3 is 2.71 bits per heavy atom. The van der Waals surface area contributed by atoms with E-state index < -0.39 is 6.04 Å². The van der Waals surface area contributed by atoms with Crippen molar-refractivity contribution < 1.29 is 9.59 Å². The van der Waals surface area contributed by atoms with Crippen molar-refractivity contribution in [3.63, 3.8) is 0 Å². The van der Waals surface area contributed by atoms with E-state index in [1.54, 1.807) is 55.2 Å². The van der Waals surface area contributed by atoms with Gasteiger partial charge in [0.1, 0.15) is 17.7 Å². The molecule has 5 rings (SSSR count). The SMILES string of the molecule is C=CC(=O)NCCC#Cc1cccc2nc([C@H](C)NC(=O)c3c(C)ncn4ccnc34)n(-c3ccccc3)c(=O)c12. The average molecular weight is 546 g/mol. The van der Waals surface area contributed by atoms with Gasteiger partial charge in [-0.15, -0.1) is 0 Å².